The van der Waals surface area contributed by atoms with Crippen molar-refractivity contribution in [2.24, 2.45) is 5.92 Å². The molecule has 106 valence electrons. The lowest BCUT2D eigenvalue weighted by molar-refractivity contribution is 0.170. The smallest absolute Gasteiger partial charge is 0.243 e. The minimum atomic E-state index is -3.52. The third kappa shape index (κ3) is 3.02. The van der Waals surface area contributed by atoms with Crippen LogP contribution in [-0.4, -0.2) is 37.5 Å². The number of nitrogens with zero attached hydrogens (tertiary/aromatic N) is 1. The molecule has 1 fully saturated rings. The van der Waals surface area contributed by atoms with Crippen LogP contribution < -0.4 is 5.73 Å². The van der Waals surface area contributed by atoms with Crippen molar-refractivity contribution in [1.29, 1.82) is 0 Å². The van der Waals surface area contributed by atoms with Crippen LogP contribution in [0.4, 0.5) is 5.69 Å². The monoisotopic (exact) mass is 304 g/mol. The molecule has 3 N–H and O–H groups in total. The van der Waals surface area contributed by atoms with Gasteiger partial charge in [-0.1, -0.05) is 11.6 Å². The lowest BCUT2D eigenvalue weighted by Crippen LogP contribution is -2.39. The number of rotatable bonds is 3. The number of hydrogen-bond acceptors (Lipinski definition) is 4. The SMILES string of the molecule is Nc1ccc(S(=O)(=O)N2CCC(CO)CC2)cc1Cl. The standard InChI is InChI=1S/C12H17ClN2O3S/c13-11-7-10(1-2-12(11)14)19(17,18)15-5-3-9(8-16)4-6-15/h1-2,7,9,16H,3-6,8,14H2. The van der Waals surface area contributed by atoms with E-state index >= 15 is 0 Å². The summed E-state index contributed by atoms with van der Waals surface area (Å²) < 4.78 is 26.3. The fourth-order valence-corrected chi connectivity index (χ4v) is 3.89. The molecule has 1 aromatic carbocycles. The highest BCUT2D eigenvalue weighted by atomic mass is 35.5. The highest BCUT2D eigenvalue weighted by Gasteiger charge is 2.29. The van der Waals surface area contributed by atoms with Crippen molar-refractivity contribution in [1.82, 2.24) is 4.31 Å². The number of aliphatic hydroxyl groups is 1. The van der Waals surface area contributed by atoms with E-state index in [0.29, 0.717) is 31.6 Å². The molecular weight excluding hydrogens is 288 g/mol. The molecule has 0 atom stereocenters. The van der Waals surface area contributed by atoms with Crippen molar-refractivity contribution in [2.75, 3.05) is 25.4 Å². The van der Waals surface area contributed by atoms with Gasteiger partial charge in [0.05, 0.1) is 15.6 Å². The van der Waals surface area contributed by atoms with Crippen LogP contribution >= 0.6 is 11.6 Å². The second kappa shape index (κ2) is 5.66. The van der Waals surface area contributed by atoms with Gasteiger partial charge in [-0.25, -0.2) is 8.42 Å². The van der Waals surface area contributed by atoms with Crippen molar-refractivity contribution < 1.29 is 13.5 Å². The predicted molar refractivity (Wildman–Crippen MR) is 74.4 cm³/mol. The van der Waals surface area contributed by atoms with Gasteiger partial charge in [-0.05, 0) is 37.0 Å². The molecule has 1 heterocycles. The molecule has 1 saturated heterocycles. The van der Waals surface area contributed by atoms with Gasteiger partial charge in [-0.15, -0.1) is 0 Å². The molecule has 7 heteroatoms. The van der Waals surface area contributed by atoms with E-state index in [1.54, 1.807) is 0 Å². The number of halogens is 1. The van der Waals surface area contributed by atoms with Gasteiger partial charge in [0.2, 0.25) is 10.0 Å². The van der Waals surface area contributed by atoms with Crippen molar-refractivity contribution >= 4 is 27.3 Å². The Balaban J connectivity index is 2.21. The third-order valence-corrected chi connectivity index (χ3v) is 5.66. The number of benzene rings is 1. The summed E-state index contributed by atoms with van der Waals surface area (Å²) in [6.45, 7) is 0.965. The average molecular weight is 305 g/mol. The Morgan fingerprint density at radius 3 is 2.53 bits per heavy atom. The highest BCUT2D eigenvalue weighted by molar-refractivity contribution is 7.89. The Morgan fingerprint density at radius 1 is 1.37 bits per heavy atom. The van der Waals surface area contributed by atoms with E-state index in [1.165, 1.54) is 22.5 Å². The summed E-state index contributed by atoms with van der Waals surface area (Å²) in [5.41, 5.74) is 5.94. The van der Waals surface area contributed by atoms with Gasteiger partial charge in [0.25, 0.3) is 0 Å². The molecule has 0 unspecified atom stereocenters. The molecule has 1 aliphatic rings. The van der Waals surface area contributed by atoms with Crippen molar-refractivity contribution in [3.8, 4) is 0 Å². The zero-order chi connectivity index (χ0) is 14.0. The molecule has 5 nitrogen and oxygen atoms in total. The van der Waals surface area contributed by atoms with Gasteiger partial charge in [-0.2, -0.15) is 4.31 Å². The normalized spacial score (nSPS) is 18.6. The Bertz CT molecular complexity index is 554. The molecule has 1 aromatic rings. The zero-order valence-corrected chi connectivity index (χ0v) is 12.0. The molecule has 0 amide bonds. The van der Waals surface area contributed by atoms with E-state index in [0.717, 1.165) is 0 Å². The summed E-state index contributed by atoms with van der Waals surface area (Å²) in [5, 5.41) is 9.31. The van der Waals surface area contributed by atoms with Gasteiger partial charge in [0.15, 0.2) is 0 Å². The van der Waals surface area contributed by atoms with Crippen LogP contribution in [0.25, 0.3) is 0 Å². The second-order valence-corrected chi connectivity index (χ2v) is 7.06. The van der Waals surface area contributed by atoms with Gasteiger partial charge in [0.1, 0.15) is 0 Å². The van der Waals surface area contributed by atoms with Crippen LogP contribution in [0.2, 0.25) is 5.02 Å². The van der Waals surface area contributed by atoms with Crippen LogP contribution in [0.3, 0.4) is 0 Å². The molecule has 0 aromatic heterocycles. The number of nitrogen functional groups attached to an aromatic ring is 1. The van der Waals surface area contributed by atoms with E-state index in [9.17, 15) is 8.42 Å². The first-order valence-corrected chi connectivity index (χ1v) is 7.93. The molecular formula is C12H17ClN2O3S. The van der Waals surface area contributed by atoms with Crippen molar-refractivity contribution in [2.45, 2.75) is 17.7 Å². The number of hydrogen-bond donors (Lipinski definition) is 2. The summed E-state index contributed by atoms with van der Waals surface area (Å²) in [6, 6.07) is 4.34. The topological polar surface area (TPSA) is 83.6 Å². The zero-order valence-electron chi connectivity index (χ0n) is 10.4. The molecule has 1 aliphatic heterocycles. The lowest BCUT2D eigenvalue weighted by Gasteiger charge is -2.30. The number of sulfonamides is 1. The van der Waals surface area contributed by atoms with Crippen LogP contribution in [0.5, 0.6) is 0 Å². The number of nitrogens with two attached hydrogens (primary N) is 1. The van der Waals surface area contributed by atoms with Crippen LogP contribution in [0.15, 0.2) is 23.1 Å². The quantitative estimate of drug-likeness (QED) is 0.825. The fraction of sp³-hybridized carbons (Fsp3) is 0.500. The van der Waals surface area contributed by atoms with Gasteiger partial charge in [-0.3, -0.25) is 0 Å². The van der Waals surface area contributed by atoms with E-state index in [4.69, 9.17) is 22.4 Å². The maximum absolute atomic E-state index is 12.4. The second-order valence-electron chi connectivity index (χ2n) is 4.71. The number of anilines is 1. The Labute approximate surface area is 118 Å². The van der Waals surface area contributed by atoms with Gasteiger partial charge < -0.3 is 10.8 Å². The fourth-order valence-electron chi connectivity index (χ4n) is 2.15. The maximum atomic E-state index is 12.4. The van der Waals surface area contributed by atoms with E-state index in [2.05, 4.69) is 0 Å². The predicted octanol–water partition coefficient (Wildman–Crippen LogP) is 1.32. The minimum absolute atomic E-state index is 0.113. The first kappa shape index (κ1) is 14.6. The molecule has 19 heavy (non-hydrogen) atoms. The lowest BCUT2D eigenvalue weighted by atomic mass is 10.00. The van der Waals surface area contributed by atoms with Crippen molar-refractivity contribution in [3.63, 3.8) is 0 Å². The molecule has 0 bridgehead atoms. The van der Waals surface area contributed by atoms with E-state index in [-0.39, 0.29) is 22.4 Å². The minimum Gasteiger partial charge on any atom is -0.398 e. The first-order chi connectivity index (χ1) is 8.95. The number of aliphatic hydroxyl groups excluding tert-OH is 1. The summed E-state index contributed by atoms with van der Waals surface area (Å²) in [4.78, 5) is 0.161. The molecule has 0 spiro atoms. The average Bonchev–Trinajstić information content (AvgIpc) is 2.41. The molecule has 0 saturated carbocycles. The first-order valence-electron chi connectivity index (χ1n) is 6.11. The van der Waals surface area contributed by atoms with Crippen LogP contribution in [-0.2, 0) is 10.0 Å². The van der Waals surface area contributed by atoms with Gasteiger partial charge >= 0.3 is 0 Å². The Morgan fingerprint density at radius 2 is 2.00 bits per heavy atom. The van der Waals surface area contributed by atoms with Crippen LogP contribution in [0.1, 0.15) is 12.8 Å². The van der Waals surface area contributed by atoms with Crippen LogP contribution in [0, 0.1) is 5.92 Å². The molecule has 2 rings (SSSR count). The Hall–Kier alpha value is -0.820. The Kier molecular flexibility index (Phi) is 4.35. The van der Waals surface area contributed by atoms with E-state index < -0.39 is 10.0 Å². The largest absolute Gasteiger partial charge is 0.398 e. The summed E-state index contributed by atoms with van der Waals surface area (Å²) in [5.74, 6) is 0.196. The maximum Gasteiger partial charge on any atom is 0.243 e. The molecule has 0 aliphatic carbocycles. The molecule has 0 radical (unpaired) electrons. The third-order valence-electron chi connectivity index (χ3n) is 3.44. The van der Waals surface area contributed by atoms with Crippen molar-refractivity contribution in [3.05, 3.63) is 23.2 Å². The highest BCUT2D eigenvalue weighted by Crippen LogP contribution is 2.27. The van der Waals surface area contributed by atoms with E-state index in [1.807, 2.05) is 0 Å². The summed E-state index contributed by atoms with van der Waals surface area (Å²) >= 11 is 5.86. The van der Waals surface area contributed by atoms with Gasteiger partial charge in [0, 0.05) is 19.7 Å². The summed E-state index contributed by atoms with van der Waals surface area (Å²) in [7, 11) is -3.52. The number of piperidine rings is 1. The summed E-state index contributed by atoms with van der Waals surface area (Å²) in [6.07, 6.45) is 1.36.